The molecule has 7 heteroatoms. The monoisotopic (exact) mass is 398 g/mol. The van der Waals surface area contributed by atoms with Gasteiger partial charge in [-0.25, -0.2) is 14.8 Å². The summed E-state index contributed by atoms with van der Waals surface area (Å²) in [7, 11) is 0. The van der Waals surface area contributed by atoms with E-state index in [0.29, 0.717) is 5.92 Å². The van der Waals surface area contributed by atoms with Crippen molar-refractivity contribution in [3.8, 4) is 0 Å². The molecule has 140 valence electrons. The predicted molar refractivity (Wildman–Crippen MR) is 111 cm³/mol. The van der Waals surface area contributed by atoms with Crippen LogP contribution in [0.15, 0.2) is 24.3 Å². The van der Waals surface area contributed by atoms with Gasteiger partial charge in [0.05, 0.1) is 20.9 Å². The molecule has 1 aliphatic carbocycles. The lowest BCUT2D eigenvalue weighted by atomic mass is 9.98. The molecule has 0 bridgehead atoms. The zero-order valence-electron chi connectivity index (χ0n) is 15.1. The van der Waals surface area contributed by atoms with Crippen molar-refractivity contribution in [1.29, 1.82) is 0 Å². The van der Waals surface area contributed by atoms with Crippen molar-refractivity contribution < 1.29 is 4.79 Å². The van der Waals surface area contributed by atoms with Crippen LogP contribution in [0.2, 0.25) is 0 Å². The van der Waals surface area contributed by atoms with Crippen molar-refractivity contribution in [3.05, 3.63) is 39.8 Å². The zero-order chi connectivity index (χ0) is 18.2. The van der Waals surface area contributed by atoms with Crippen LogP contribution < -0.4 is 5.32 Å². The first-order chi connectivity index (χ1) is 13.3. The second kappa shape index (κ2) is 7.20. The number of piperidine rings is 1. The van der Waals surface area contributed by atoms with Gasteiger partial charge in [0.25, 0.3) is 0 Å². The summed E-state index contributed by atoms with van der Waals surface area (Å²) in [5.74, 6) is 0.457. The van der Waals surface area contributed by atoms with E-state index in [2.05, 4.69) is 28.5 Å². The minimum absolute atomic E-state index is 0.0103. The van der Waals surface area contributed by atoms with E-state index in [0.717, 1.165) is 49.4 Å². The topological polar surface area (TPSA) is 58.1 Å². The molecule has 3 aromatic rings. The molecule has 0 atom stereocenters. The summed E-state index contributed by atoms with van der Waals surface area (Å²) in [5.41, 5.74) is 2.28. The van der Waals surface area contributed by atoms with Crippen LogP contribution in [0.4, 0.5) is 9.93 Å². The Bertz CT molecular complexity index is 915. The fraction of sp³-hybridized carbons (Fsp3) is 0.450. The smallest absolute Gasteiger partial charge is 0.323 e. The van der Waals surface area contributed by atoms with E-state index in [9.17, 15) is 4.79 Å². The van der Waals surface area contributed by atoms with E-state index < -0.39 is 0 Å². The van der Waals surface area contributed by atoms with Gasteiger partial charge in [-0.05, 0) is 50.7 Å². The molecule has 3 heterocycles. The van der Waals surface area contributed by atoms with Crippen LogP contribution in [0.5, 0.6) is 0 Å². The van der Waals surface area contributed by atoms with Crippen LogP contribution in [0.3, 0.4) is 0 Å². The third kappa shape index (κ3) is 3.46. The van der Waals surface area contributed by atoms with Crippen LogP contribution in [0, 0.1) is 0 Å². The minimum Gasteiger partial charge on any atom is -0.324 e. The number of fused-ring (bicyclic) bond motifs is 2. The first-order valence-corrected chi connectivity index (χ1v) is 11.3. The molecule has 0 unspecified atom stereocenters. The van der Waals surface area contributed by atoms with Crippen molar-refractivity contribution >= 4 is 44.1 Å². The summed E-state index contributed by atoms with van der Waals surface area (Å²) in [6, 6.07) is 8.30. The lowest BCUT2D eigenvalue weighted by molar-refractivity contribution is 0.194. The second-order valence-electron chi connectivity index (χ2n) is 7.31. The van der Waals surface area contributed by atoms with E-state index in [4.69, 9.17) is 4.98 Å². The van der Waals surface area contributed by atoms with E-state index in [1.807, 2.05) is 11.0 Å². The Morgan fingerprint density at radius 3 is 2.70 bits per heavy atom. The Hall–Kier alpha value is -1.99. The number of nitrogens with zero attached hydrogens (tertiary/aromatic N) is 3. The molecule has 5 nitrogen and oxygen atoms in total. The number of para-hydroxylation sites is 1. The number of aryl methyl sites for hydroxylation is 2. The summed E-state index contributed by atoms with van der Waals surface area (Å²) >= 11 is 3.44. The molecule has 1 saturated heterocycles. The summed E-state index contributed by atoms with van der Waals surface area (Å²) < 4.78 is 1.25. The lowest BCUT2D eigenvalue weighted by Crippen LogP contribution is -2.40. The average molecular weight is 399 g/mol. The number of aromatic nitrogens is 2. The molecule has 2 aliphatic rings. The van der Waals surface area contributed by atoms with Crippen molar-refractivity contribution in [2.45, 2.75) is 44.4 Å². The molecule has 0 saturated carbocycles. The number of benzene rings is 1. The molecule has 2 amide bonds. The molecule has 1 aromatic carbocycles. The van der Waals surface area contributed by atoms with E-state index in [-0.39, 0.29) is 6.03 Å². The number of carbonyl (C=O) groups excluding carboxylic acids is 1. The summed E-state index contributed by atoms with van der Waals surface area (Å²) in [5, 5.41) is 5.00. The number of carbonyl (C=O) groups is 1. The number of likely N-dealkylation sites (tertiary alicyclic amines) is 1. The molecule has 0 radical (unpaired) electrons. The van der Waals surface area contributed by atoms with Crippen LogP contribution in [-0.2, 0) is 12.8 Å². The molecule has 5 rings (SSSR count). The maximum Gasteiger partial charge on any atom is 0.323 e. The summed E-state index contributed by atoms with van der Waals surface area (Å²) in [4.78, 5) is 25.3. The number of urea groups is 1. The molecule has 1 aliphatic heterocycles. The van der Waals surface area contributed by atoms with Gasteiger partial charge < -0.3 is 4.90 Å². The quantitative estimate of drug-likeness (QED) is 0.658. The van der Waals surface area contributed by atoms with Gasteiger partial charge in [0, 0.05) is 23.9 Å². The first-order valence-electron chi connectivity index (χ1n) is 9.66. The molecule has 2 aromatic heterocycles. The number of nitrogens with one attached hydrogen (secondary N) is 1. The first kappa shape index (κ1) is 17.1. The summed E-state index contributed by atoms with van der Waals surface area (Å²) in [6.45, 7) is 1.55. The third-order valence-corrected chi connectivity index (χ3v) is 7.77. The minimum atomic E-state index is -0.0103. The molecule has 0 spiro atoms. The second-order valence-corrected chi connectivity index (χ2v) is 9.45. The molecular formula is C20H22N4OS2. The van der Waals surface area contributed by atoms with Gasteiger partial charge in [0.15, 0.2) is 5.13 Å². The summed E-state index contributed by atoms with van der Waals surface area (Å²) in [6.07, 6.45) is 6.56. The Labute approximate surface area is 166 Å². The zero-order valence-corrected chi connectivity index (χ0v) is 16.7. The highest BCUT2D eigenvalue weighted by Gasteiger charge is 2.26. The Balaban J connectivity index is 1.21. The SMILES string of the molecule is O=C(Nc1nc2c(s1)CCCC2)N1CCC(c2nc3ccccc3s2)CC1. The number of thiazole rings is 2. The van der Waals surface area contributed by atoms with Crippen LogP contribution in [-0.4, -0.2) is 34.0 Å². The molecule has 27 heavy (non-hydrogen) atoms. The van der Waals surface area contributed by atoms with E-state index in [1.165, 1.54) is 33.1 Å². The standard InChI is InChI=1S/C20H22N4OS2/c25-20(23-19-22-15-6-2-4-8-17(15)27-19)24-11-9-13(10-12-24)18-21-14-5-1-3-7-16(14)26-18/h1,3,5,7,13H,2,4,6,8-12H2,(H,22,23,25). The van der Waals surface area contributed by atoms with E-state index >= 15 is 0 Å². The average Bonchev–Trinajstić information content (AvgIpc) is 3.31. The number of hydrogen-bond acceptors (Lipinski definition) is 5. The van der Waals surface area contributed by atoms with Crippen LogP contribution in [0.1, 0.15) is 47.2 Å². The Morgan fingerprint density at radius 1 is 1.07 bits per heavy atom. The number of amides is 2. The van der Waals surface area contributed by atoms with Crippen molar-refractivity contribution in [2.24, 2.45) is 0 Å². The largest absolute Gasteiger partial charge is 0.324 e. The van der Waals surface area contributed by atoms with Crippen LogP contribution in [0.25, 0.3) is 10.2 Å². The van der Waals surface area contributed by atoms with Gasteiger partial charge >= 0.3 is 6.03 Å². The van der Waals surface area contributed by atoms with Crippen LogP contribution >= 0.6 is 22.7 Å². The molecule has 1 fully saturated rings. The maximum absolute atomic E-state index is 12.6. The number of hydrogen-bond donors (Lipinski definition) is 1. The fourth-order valence-corrected chi connectivity index (χ4v) is 6.15. The predicted octanol–water partition coefficient (Wildman–Crippen LogP) is 5.04. The van der Waals surface area contributed by atoms with Gasteiger partial charge in [-0.1, -0.05) is 12.1 Å². The Morgan fingerprint density at radius 2 is 1.89 bits per heavy atom. The highest BCUT2D eigenvalue weighted by Crippen LogP contribution is 2.34. The van der Waals surface area contributed by atoms with Crippen molar-refractivity contribution in [1.82, 2.24) is 14.9 Å². The van der Waals surface area contributed by atoms with Crippen molar-refractivity contribution in [2.75, 3.05) is 18.4 Å². The Kier molecular flexibility index (Phi) is 4.57. The molecular weight excluding hydrogens is 376 g/mol. The third-order valence-electron chi connectivity index (χ3n) is 5.50. The van der Waals surface area contributed by atoms with Gasteiger partial charge in [-0.2, -0.15) is 0 Å². The van der Waals surface area contributed by atoms with Gasteiger partial charge in [0.1, 0.15) is 0 Å². The fourth-order valence-electron chi connectivity index (χ4n) is 3.97. The highest BCUT2D eigenvalue weighted by molar-refractivity contribution is 7.18. The van der Waals surface area contributed by atoms with Gasteiger partial charge in [-0.3, -0.25) is 5.32 Å². The lowest BCUT2D eigenvalue weighted by Gasteiger charge is -2.30. The van der Waals surface area contributed by atoms with E-state index in [1.54, 1.807) is 22.7 Å². The number of rotatable bonds is 2. The highest BCUT2D eigenvalue weighted by atomic mass is 32.1. The normalized spacial score (nSPS) is 17.9. The van der Waals surface area contributed by atoms with Gasteiger partial charge in [0.2, 0.25) is 0 Å². The maximum atomic E-state index is 12.6. The number of anilines is 1. The molecule has 1 N–H and O–H groups in total. The van der Waals surface area contributed by atoms with Gasteiger partial charge in [-0.15, -0.1) is 22.7 Å². The van der Waals surface area contributed by atoms with Crippen molar-refractivity contribution in [3.63, 3.8) is 0 Å².